The van der Waals surface area contributed by atoms with Gasteiger partial charge in [0.1, 0.15) is 11.6 Å². The van der Waals surface area contributed by atoms with Crippen LogP contribution in [0.15, 0.2) is 12.3 Å². The number of nitrogens with zero attached hydrogens (tertiary/aromatic N) is 4. The Labute approximate surface area is 137 Å². The van der Waals surface area contributed by atoms with Gasteiger partial charge in [0.2, 0.25) is 5.91 Å². The van der Waals surface area contributed by atoms with Crippen molar-refractivity contribution in [3.63, 3.8) is 0 Å². The van der Waals surface area contributed by atoms with Crippen molar-refractivity contribution in [3.05, 3.63) is 18.0 Å². The van der Waals surface area contributed by atoms with Gasteiger partial charge in [-0.05, 0) is 40.2 Å². The van der Waals surface area contributed by atoms with Crippen LogP contribution < -0.4 is 0 Å². The molecular weight excluding hydrogens is 296 g/mol. The zero-order valence-electron chi connectivity index (χ0n) is 14.6. The maximum absolute atomic E-state index is 12.6. The molecule has 1 aliphatic rings. The first-order valence-electron chi connectivity index (χ1n) is 7.98. The third-order valence-corrected chi connectivity index (χ3v) is 3.81. The van der Waals surface area contributed by atoms with Gasteiger partial charge in [0.25, 0.3) is 0 Å². The first-order valence-corrected chi connectivity index (χ1v) is 7.98. The molecule has 1 atom stereocenters. The molecule has 1 aromatic heterocycles. The summed E-state index contributed by atoms with van der Waals surface area (Å²) in [5.41, 5.74) is 0.422. The number of likely N-dealkylation sites (N-methyl/N-ethyl adjacent to an activating group) is 1. The monoisotopic (exact) mass is 322 g/mol. The highest BCUT2D eigenvalue weighted by molar-refractivity contribution is 5.87. The summed E-state index contributed by atoms with van der Waals surface area (Å²) in [6.45, 7) is 9.27. The highest BCUT2D eigenvalue weighted by Crippen LogP contribution is 2.23. The fourth-order valence-corrected chi connectivity index (χ4v) is 2.54. The molecule has 0 radical (unpaired) electrons. The highest BCUT2D eigenvalue weighted by Gasteiger charge is 2.41. The zero-order valence-corrected chi connectivity index (χ0v) is 14.6. The molecule has 2 amide bonds. The standard InChI is InChI=1S/C16H26N4O3/c1-6-20-12(7-9-17-20)11-18(5)14(21)13-8-10-19(13)15(22)23-16(2,3)4/h7,9,13H,6,8,10-11H2,1-5H3/t13-/m1/s1. The predicted molar refractivity (Wildman–Crippen MR) is 85.7 cm³/mol. The van der Waals surface area contributed by atoms with Gasteiger partial charge < -0.3 is 9.64 Å². The normalized spacial score (nSPS) is 17.6. The molecule has 7 heteroatoms. The Kier molecular flexibility index (Phi) is 4.97. The lowest BCUT2D eigenvalue weighted by molar-refractivity contribution is -0.140. The van der Waals surface area contributed by atoms with Crippen LogP contribution in [0.3, 0.4) is 0 Å². The van der Waals surface area contributed by atoms with E-state index in [0.29, 0.717) is 19.5 Å². The third-order valence-electron chi connectivity index (χ3n) is 3.81. The summed E-state index contributed by atoms with van der Waals surface area (Å²) in [4.78, 5) is 27.8. The Morgan fingerprint density at radius 2 is 2.13 bits per heavy atom. The van der Waals surface area contributed by atoms with Crippen LogP contribution in [-0.4, -0.2) is 56.8 Å². The van der Waals surface area contributed by atoms with E-state index in [4.69, 9.17) is 4.74 Å². The van der Waals surface area contributed by atoms with Crippen molar-refractivity contribution >= 4 is 12.0 Å². The van der Waals surface area contributed by atoms with Gasteiger partial charge in [0, 0.05) is 26.3 Å². The molecule has 1 aliphatic heterocycles. The van der Waals surface area contributed by atoms with Crippen LogP contribution in [-0.2, 0) is 22.6 Å². The lowest BCUT2D eigenvalue weighted by Gasteiger charge is -2.41. The van der Waals surface area contributed by atoms with Crippen LogP contribution in [0.2, 0.25) is 0 Å². The van der Waals surface area contributed by atoms with Crippen LogP contribution in [0.5, 0.6) is 0 Å². The topological polar surface area (TPSA) is 67.7 Å². The summed E-state index contributed by atoms with van der Waals surface area (Å²) in [7, 11) is 1.75. The number of amides is 2. The minimum Gasteiger partial charge on any atom is -0.444 e. The number of carbonyl (C=O) groups excluding carboxylic acids is 2. The van der Waals surface area contributed by atoms with Gasteiger partial charge in [0.05, 0.1) is 12.2 Å². The predicted octanol–water partition coefficient (Wildman–Crippen LogP) is 1.87. The van der Waals surface area contributed by atoms with E-state index in [-0.39, 0.29) is 5.91 Å². The number of aryl methyl sites for hydroxylation is 1. The molecule has 1 aromatic rings. The lowest BCUT2D eigenvalue weighted by Crippen LogP contribution is -2.59. The van der Waals surface area contributed by atoms with Crippen molar-refractivity contribution in [2.24, 2.45) is 0 Å². The van der Waals surface area contributed by atoms with Crippen molar-refractivity contribution < 1.29 is 14.3 Å². The molecule has 7 nitrogen and oxygen atoms in total. The second-order valence-electron chi connectivity index (χ2n) is 6.81. The van der Waals surface area contributed by atoms with Crippen molar-refractivity contribution in [1.29, 1.82) is 0 Å². The van der Waals surface area contributed by atoms with Gasteiger partial charge in [-0.25, -0.2) is 4.79 Å². The van der Waals surface area contributed by atoms with Crippen molar-refractivity contribution in [2.75, 3.05) is 13.6 Å². The Balaban J connectivity index is 1.96. The Morgan fingerprint density at radius 3 is 2.65 bits per heavy atom. The quantitative estimate of drug-likeness (QED) is 0.849. The van der Waals surface area contributed by atoms with Gasteiger partial charge in [0.15, 0.2) is 0 Å². The molecule has 0 bridgehead atoms. The number of ether oxygens (including phenoxy) is 1. The smallest absolute Gasteiger partial charge is 0.410 e. The molecule has 0 unspecified atom stereocenters. The molecule has 0 aliphatic carbocycles. The zero-order chi connectivity index (χ0) is 17.2. The second-order valence-corrected chi connectivity index (χ2v) is 6.81. The lowest BCUT2D eigenvalue weighted by atomic mass is 10.0. The van der Waals surface area contributed by atoms with E-state index in [1.54, 1.807) is 18.1 Å². The molecular formula is C16H26N4O3. The van der Waals surface area contributed by atoms with Crippen LogP contribution in [0.4, 0.5) is 4.79 Å². The summed E-state index contributed by atoms with van der Waals surface area (Å²) >= 11 is 0. The van der Waals surface area contributed by atoms with Crippen LogP contribution in [0, 0.1) is 0 Å². The SMILES string of the molecule is CCn1nccc1CN(C)C(=O)[C@H]1CCN1C(=O)OC(C)(C)C. The summed E-state index contributed by atoms with van der Waals surface area (Å²) in [5.74, 6) is -0.0639. The number of hydrogen-bond acceptors (Lipinski definition) is 4. The summed E-state index contributed by atoms with van der Waals surface area (Å²) in [5, 5.41) is 4.20. The maximum atomic E-state index is 12.6. The van der Waals surface area contributed by atoms with Gasteiger partial charge >= 0.3 is 6.09 Å². The molecule has 0 aromatic carbocycles. The van der Waals surface area contributed by atoms with Crippen LogP contribution in [0.25, 0.3) is 0 Å². The summed E-state index contributed by atoms with van der Waals surface area (Å²) in [6.07, 6.45) is 1.98. The molecule has 23 heavy (non-hydrogen) atoms. The average Bonchev–Trinajstić information content (AvgIpc) is 2.82. The molecule has 0 N–H and O–H groups in total. The van der Waals surface area contributed by atoms with Gasteiger partial charge in [-0.15, -0.1) is 0 Å². The van der Waals surface area contributed by atoms with E-state index in [9.17, 15) is 9.59 Å². The number of carbonyl (C=O) groups is 2. The Morgan fingerprint density at radius 1 is 1.43 bits per heavy atom. The van der Waals surface area contributed by atoms with Crippen molar-refractivity contribution in [1.82, 2.24) is 19.6 Å². The summed E-state index contributed by atoms with van der Waals surface area (Å²) < 4.78 is 7.20. The number of rotatable bonds is 4. The number of likely N-dealkylation sites (tertiary alicyclic amines) is 1. The van der Waals surface area contributed by atoms with Crippen LogP contribution >= 0.6 is 0 Å². The first-order chi connectivity index (χ1) is 10.7. The van der Waals surface area contributed by atoms with Gasteiger partial charge in [-0.3, -0.25) is 14.4 Å². The average molecular weight is 322 g/mol. The number of hydrogen-bond donors (Lipinski definition) is 0. The van der Waals surface area contributed by atoms with Crippen molar-refractivity contribution in [3.8, 4) is 0 Å². The van der Waals surface area contributed by atoms with E-state index in [2.05, 4.69) is 5.10 Å². The number of aromatic nitrogens is 2. The van der Waals surface area contributed by atoms with E-state index in [1.807, 2.05) is 38.4 Å². The van der Waals surface area contributed by atoms with Gasteiger partial charge in [-0.1, -0.05) is 0 Å². The third kappa shape index (κ3) is 4.03. The maximum Gasteiger partial charge on any atom is 0.410 e. The highest BCUT2D eigenvalue weighted by atomic mass is 16.6. The molecule has 128 valence electrons. The van der Waals surface area contributed by atoms with E-state index in [1.165, 1.54) is 4.90 Å². The van der Waals surface area contributed by atoms with Crippen LogP contribution in [0.1, 0.15) is 39.8 Å². The fourth-order valence-electron chi connectivity index (χ4n) is 2.54. The molecule has 1 saturated heterocycles. The van der Waals surface area contributed by atoms with E-state index in [0.717, 1.165) is 12.2 Å². The van der Waals surface area contributed by atoms with E-state index >= 15 is 0 Å². The molecule has 0 spiro atoms. The molecule has 2 heterocycles. The molecule has 2 rings (SSSR count). The molecule has 1 fully saturated rings. The second kappa shape index (κ2) is 6.60. The minimum absolute atomic E-state index is 0.0639. The van der Waals surface area contributed by atoms with Gasteiger partial charge in [-0.2, -0.15) is 5.10 Å². The molecule has 0 saturated carbocycles. The minimum atomic E-state index is -0.556. The largest absolute Gasteiger partial charge is 0.444 e. The van der Waals surface area contributed by atoms with Crippen molar-refractivity contribution in [2.45, 2.75) is 58.8 Å². The Hall–Kier alpha value is -2.05. The Bertz CT molecular complexity index is 576. The first kappa shape index (κ1) is 17.3. The summed E-state index contributed by atoms with van der Waals surface area (Å²) in [6, 6.07) is 1.48. The van der Waals surface area contributed by atoms with E-state index < -0.39 is 17.7 Å². The fraction of sp³-hybridized carbons (Fsp3) is 0.688.